The molecule has 1 aliphatic heterocycles. The van der Waals surface area contributed by atoms with Crippen LogP contribution in [0.15, 0.2) is 42.5 Å². The standard InChI is InChI=1S/C39H39Cl2N5O4/c1-19-13-25-17-30(39(48)49)42-35(25)31(14-19)45-18-22(4)46-36-28(10-11-29(40)33(36)32-23(5)43-44(7)24(32)6)27(37(46)38(45)47)9-8-12-50-26-15-20(2)34(41)21(3)16-26/h10-11,13-17,22,42H,8-9,12,18H2,1-7H3,(H,48,49)/t22-/m1/s1. The summed E-state index contributed by atoms with van der Waals surface area (Å²) in [5.74, 6) is -0.447. The molecular formula is C39H39Cl2N5O4. The van der Waals surface area contributed by atoms with Crippen molar-refractivity contribution in [2.45, 2.75) is 60.4 Å². The molecular weight excluding hydrogens is 673 g/mol. The average molecular weight is 713 g/mol. The lowest BCUT2D eigenvalue weighted by Crippen LogP contribution is -2.43. The molecule has 7 rings (SSSR count). The van der Waals surface area contributed by atoms with E-state index in [1.54, 1.807) is 11.0 Å². The van der Waals surface area contributed by atoms with Gasteiger partial charge in [-0.1, -0.05) is 29.3 Å². The van der Waals surface area contributed by atoms with Crippen LogP contribution in [0.25, 0.3) is 32.9 Å². The lowest BCUT2D eigenvalue weighted by atomic mass is 9.98. The number of ether oxygens (including phenoxy) is 1. The van der Waals surface area contributed by atoms with Crippen LogP contribution in [0.3, 0.4) is 0 Å². The van der Waals surface area contributed by atoms with E-state index in [0.29, 0.717) is 47.9 Å². The number of halogens is 2. The van der Waals surface area contributed by atoms with Crippen LogP contribution in [0.2, 0.25) is 10.0 Å². The molecule has 1 atom stereocenters. The number of fused-ring (bicyclic) bond motifs is 4. The quantitative estimate of drug-likeness (QED) is 0.153. The third kappa shape index (κ3) is 5.43. The number of rotatable bonds is 8. The predicted molar refractivity (Wildman–Crippen MR) is 200 cm³/mol. The number of carbonyl (C=O) groups is 2. The molecule has 0 bridgehead atoms. The Bertz CT molecular complexity index is 2360. The minimum atomic E-state index is -1.05. The zero-order valence-corrected chi connectivity index (χ0v) is 30.7. The smallest absolute Gasteiger partial charge is 0.352 e. The molecule has 3 aromatic heterocycles. The van der Waals surface area contributed by atoms with Crippen molar-refractivity contribution in [3.8, 4) is 16.9 Å². The molecule has 2 N–H and O–H groups in total. The summed E-state index contributed by atoms with van der Waals surface area (Å²) in [6.07, 6.45) is 1.24. The van der Waals surface area contributed by atoms with E-state index in [9.17, 15) is 14.7 Å². The summed E-state index contributed by atoms with van der Waals surface area (Å²) >= 11 is 13.5. The number of aromatic amines is 1. The zero-order valence-electron chi connectivity index (χ0n) is 29.2. The van der Waals surface area contributed by atoms with Crippen LogP contribution in [0.5, 0.6) is 5.75 Å². The maximum atomic E-state index is 15.0. The van der Waals surface area contributed by atoms with Crippen molar-refractivity contribution < 1.29 is 19.4 Å². The Hall–Kier alpha value is -4.73. The third-order valence-corrected chi connectivity index (χ3v) is 10.8. The maximum Gasteiger partial charge on any atom is 0.352 e. The van der Waals surface area contributed by atoms with Gasteiger partial charge in [0, 0.05) is 52.3 Å². The summed E-state index contributed by atoms with van der Waals surface area (Å²) in [7, 11) is 1.92. The first-order valence-corrected chi connectivity index (χ1v) is 17.5. The second kappa shape index (κ2) is 12.5. The zero-order chi connectivity index (χ0) is 35.8. The Morgan fingerprint density at radius 2 is 1.76 bits per heavy atom. The van der Waals surface area contributed by atoms with Gasteiger partial charge in [0.05, 0.1) is 34.0 Å². The van der Waals surface area contributed by atoms with Gasteiger partial charge in [-0.3, -0.25) is 9.48 Å². The molecule has 0 aliphatic carbocycles. The van der Waals surface area contributed by atoms with E-state index in [1.165, 1.54) is 0 Å². The number of nitrogens with one attached hydrogen (secondary N) is 1. The largest absolute Gasteiger partial charge is 0.494 e. The topological polar surface area (TPSA) is 105 Å². The molecule has 3 aromatic carbocycles. The lowest BCUT2D eigenvalue weighted by molar-refractivity contribution is 0.0691. The van der Waals surface area contributed by atoms with Crippen LogP contribution in [0.4, 0.5) is 5.69 Å². The number of H-pyrrole nitrogens is 1. The highest BCUT2D eigenvalue weighted by atomic mass is 35.5. The van der Waals surface area contributed by atoms with Crippen LogP contribution in [0, 0.1) is 34.6 Å². The first kappa shape index (κ1) is 33.8. The van der Waals surface area contributed by atoms with Gasteiger partial charge in [0.1, 0.15) is 17.1 Å². The number of aromatic nitrogens is 4. The molecule has 4 heterocycles. The minimum Gasteiger partial charge on any atom is -0.494 e. The SMILES string of the molecule is Cc1cc(N2C[C@@H](C)n3c(c(CCCOc4cc(C)c(Cl)c(C)c4)c4ccc(Cl)c(-c5c(C)nn(C)c5C)c43)C2=O)c2[nH]c(C(=O)O)cc2c1. The van der Waals surface area contributed by atoms with Gasteiger partial charge in [-0.25, -0.2) is 4.79 Å². The normalized spacial score (nSPS) is 14.6. The van der Waals surface area contributed by atoms with Crippen molar-refractivity contribution in [1.82, 2.24) is 19.3 Å². The van der Waals surface area contributed by atoms with E-state index >= 15 is 0 Å². The Morgan fingerprint density at radius 1 is 1.04 bits per heavy atom. The van der Waals surface area contributed by atoms with Gasteiger partial charge in [-0.15, -0.1) is 0 Å². The van der Waals surface area contributed by atoms with E-state index in [0.717, 1.165) is 71.8 Å². The Morgan fingerprint density at radius 3 is 2.42 bits per heavy atom. The van der Waals surface area contributed by atoms with Gasteiger partial charge in [0.25, 0.3) is 5.91 Å². The lowest BCUT2D eigenvalue weighted by Gasteiger charge is -2.34. The van der Waals surface area contributed by atoms with Crippen molar-refractivity contribution in [1.29, 1.82) is 0 Å². The van der Waals surface area contributed by atoms with Crippen LogP contribution in [0.1, 0.15) is 74.0 Å². The van der Waals surface area contributed by atoms with E-state index in [-0.39, 0.29) is 17.6 Å². The molecule has 0 unspecified atom stereocenters. The van der Waals surface area contributed by atoms with Gasteiger partial charge in [-0.2, -0.15) is 5.10 Å². The number of aryl methyl sites for hydroxylation is 6. The van der Waals surface area contributed by atoms with Crippen molar-refractivity contribution in [2.75, 3.05) is 18.1 Å². The van der Waals surface area contributed by atoms with E-state index < -0.39 is 5.97 Å². The van der Waals surface area contributed by atoms with Crippen LogP contribution < -0.4 is 9.64 Å². The van der Waals surface area contributed by atoms with Gasteiger partial charge >= 0.3 is 5.97 Å². The van der Waals surface area contributed by atoms with Crippen molar-refractivity contribution in [2.24, 2.45) is 7.05 Å². The van der Waals surface area contributed by atoms with Gasteiger partial charge in [0.2, 0.25) is 0 Å². The summed E-state index contributed by atoms with van der Waals surface area (Å²) in [5.41, 5.74) is 10.3. The number of amides is 1. The molecule has 0 fully saturated rings. The molecule has 1 aliphatic rings. The molecule has 9 nitrogen and oxygen atoms in total. The number of nitrogens with zero attached hydrogens (tertiary/aromatic N) is 4. The van der Waals surface area contributed by atoms with Gasteiger partial charge in [-0.05, 0) is 113 Å². The molecule has 6 aromatic rings. The van der Waals surface area contributed by atoms with Crippen LogP contribution in [-0.4, -0.2) is 49.5 Å². The second-order valence-corrected chi connectivity index (χ2v) is 14.3. The fourth-order valence-electron chi connectivity index (χ4n) is 7.64. The molecule has 0 saturated carbocycles. The number of aromatic carboxylic acids is 1. The number of carboxylic acids is 1. The second-order valence-electron chi connectivity index (χ2n) is 13.5. The highest BCUT2D eigenvalue weighted by Gasteiger charge is 2.37. The van der Waals surface area contributed by atoms with Crippen molar-refractivity contribution in [3.05, 3.63) is 97.5 Å². The molecule has 1 amide bonds. The number of carbonyl (C=O) groups excluding carboxylic acids is 1. The summed E-state index contributed by atoms with van der Waals surface area (Å²) in [4.78, 5) is 31.7. The first-order chi connectivity index (χ1) is 23.8. The monoisotopic (exact) mass is 711 g/mol. The fraction of sp³-hybridized carbons (Fsp3) is 0.308. The van der Waals surface area contributed by atoms with Crippen LogP contribution in [-0.2, 0) is 13.5 Å². The highest BCUT2D eigenvalue weighted by Crippen LogP contribution is 2.45. The number of anilines is 1. The Labute approximate surface area is 300 Å². The Balaban J connectivity index is 1.38. The molecule has 0 spiro atoms. The number of hydrogen-bond donors (Lipinski definition) is 2. The van der Waals surface area contributed by atoms with Crippen LogP contribution >= 0.6 is 23.2 Å². The number of benzene rings is 3. The first-order valence-electron chi connectivity index (χ1n) is 16.7. The molecule has 50 heavy (non-hydrogen) atoms. The van der Waals surface area contributed by atoms with E-state index in [2.05, 4.69) is 16.5 Å². The molecule has 258 valence electrons. The third-order valence-electron chi connectivity index (χ3n) is 9.94. The van der Waals surface area contributed by atoms with E-state index in [1.807, 2.05) is 82.7 Å². The summed E-state index contributed by atoms with van der Waals surface area (Å²) in [6, 6.07) is 13.2. The maximum absolute atomic E-state index is 15.0. The summed E-state index contributed by atoms with van der Waals surface area (Å²) < 4.78 is 10.2. The van der Waals surface area contributed by atoms with Crippen molar-refractivity contribution >= 4 is 62.6 Å². The van der Waals surface area contributed by atoms with Gasteiger partial charge in [0.15, 0.2) is 0 Å². The fourth-order valence-corrected chi connectivity index (χ4v) is 7.99. The molecule has 0 saturated heterocycles. The minimum absolute atomic E-state index is 0.0757. The summed E-state index contributed by atoms with van der Waals surface area (Å²) in [5, 5.41) is 17.5. The van der Waals surface area contributed by atoms with Gasteiger partial charge < -0.3 is 24.3 Å². The summed E-state index contributed by atoms with van der Waals surface area (Å²) in [6.45, 7) is 12.8. The highest BCUT2D eigenvalue weighted by molar-refractivity contribution is 6.35. The average Bonchev–Trinajstić information content (AvgIpc) is 3.71. The van der Waals surface area contributed by atoms with Crippen molar-refractivity contribution in [3.63, 3.8) is 0 Å². The molecule has 0 radical (unpaired) electrons. The Kier molecular flexibility index (Phi) is 8.47. The number of carboxylic acid groups (broad SMARTS) is 1. The molecule has 11 heteroatoms. The van der Waals surface area contributed by atoms with E-state index in [4.69, 9.17) is 33.0 Å². The predicted octanol–water partition coefficient (Wildman–Crippen LogP) is 9.30. The number of hydrogen-bond acceptors (Lipinski definition) is 4.